The molecule has 1 unspecified atom stereocenters. The van der Waals surface area contributed by atoms with Gasteiger partial charge in [0.1, 0.15) is 0 Å². The molecule has 1 N–H and O–H groups in total. The van der Waals surface area contributed by atoms with E-state index in [9.17, 15) is 0 Å². The van der Waals surface area contributed by atoms with Crippen LogP contribution in [0.1, 0.15) is 25.6 Å². The van der Waals surface area contributed by atoms with Crippen molar-refractivity contribution >= 4 is 0 Å². The Balaban J connectivity index is 2.16. The van der Waals surface area contributed by atoms with E-state index in [1.165, 1.54) is 5.69 Å². The Bertz CT molecular complexity index is 335. The first-order valence-electron chi connectivity index (χ1n) is 5.96. The summed E-state index contributed by atoms with van der Waals surface area (Å²) >= 11 is 0. The quantitative estimate of drug-likeness (QED) is 0.834. The maximum Gasteiger partial charge on any atom is 0.0952 e. The van der Waals surface area contributed by atoms with Crippen LogP contribution in [0.25, 0.3) is 0 Å². The first kappa shape index (κ1) is 11.6. The van der Waals surface area contributed by atoms with Crippen molar-refractivity contribution in [3.05, 3.63) is 18.2 Å². The molecule has 2 heterocycles. The SMILES string of the molecule is CO[C@H]1CNCC1n1cncc1CC(C)C. The fourth-order valence-electron chi connectivity index (χ4n) is 2.37. The molecule has 0 aliphatic carbocycles. The molecule has 90 valence electrons. The maximum atomic E-state index is 5.50. The Morgan fingerprint density at radius 2 is 2.38 bits per heavy atom. The summed E-state index contributed by atoms with van der Waals surface area (Å²) in [6.07, 6.45) is 5.25. The van der Waals surface area contributed by atoms with Gasteiger partial charge in [-0.2, -0.15) is 0 Å². The zero-order valence-electron chi connectivity index (χ0n) is 10.3. The van der Waals surface area contributed by atoms with Gasteiger partial charge in [0, 0.05) is 32.1 Å². The van der Waals surface area contributed by atoms with Crippen LogP contribution >= 0.6 is 0 Å². The summed E-state index contributed by atoms with van der Waals surface area (Å²) in [5.74, 6) is 0.658. The van der Waals surface area contributed by atoms with Crippen LogP contribution in [0.15, 0.2) is 12.5 Å². The predicted molar refractivity (Wildman–Crippen MR) is 63.5 cm³/mol. The van der Waals surface area contributed by atoms with E-state index in [1.807, 2.05) is 12.5 Å². The molecule has 0 spiro atoms. The molecule has 2 rings (SSSR count). The second-order valence-corrected chi connectivity index (χ2v) is 4.89. The van der Waals surface area contributed by atoms with Gasteiger partial charge in [-0.05, 0) is 12.3 Å². The van der Waals surface area contributed by atoms with E-state index < -0.39 is 0 Å². The molecule has 0 radical (unpaired) electrons. The molecule has 16 heavy (non-hydrogen) atoms. The molecule has 2 atom stereocenters. The van der Waals surface area contributed by atoms with Crippen LogP contribution < -0.4 is 5.32 Å². The van der Waals surface area contributed by atoms with E-state index in [0.717, 1.165) is 19.5 Å². The van der Waals surface area contributed by atoms with Gasteiger partial charge in [-0.15, -0.1) is 0 Å². The highest BCUT2D eigenvalue weighted by molar-refractivity contribution is 5.04. The number of nitrogens with zero attached hydrogens (tertiary/aromatic N) is 2. The van der Waals surface area contributed by atoms with Crippen LogP contribution in [-0.4, -0.2) is 35.9 Å². The van der Waals surface area contributed by atoms with E-state index in [0.29, 0.717) is 12.0 Å². The van der Waals surface area contributed by atoms with Crippen molar-refractivity contribution in [1.29, 1.82) is 0 Å². The molecule has 4 nitrogen and oxygen atoms in total. The van der Waals surface area contributed by atoms with Crippen molar-refractivity contribution in [1.82, 2.24) is 14.9 Å². The number of methoxy groups -OCH3 is 1. The van der Waals surface area contributed by atoms with E-state index in [2.05, 4.69) is 28.7 Å². The highest BCUT2D eigenvalue weighted by atomic mass is 16.5. The molecule has 0 bridgehead atoms. The third kappa shape index (κ3) is 2.28. The smallest absolute Gasteiger partial charge is 0.0952 e. The summed E-state index contributed by atoms with van der Waals surface area (Å²) in [6, 6.07) is 0.390. The molecule has 1 aromatic heterocycles. The zero-order chi connectivity index (χ0) is 11.5. The number of nitrogens with one attached hydrogen (secondary N) is 1. The summed E-state index contributed by atoms with van der Waals surface area (Å²) in [5, 5.41) is 3.37. The Labute approximate surface area is 97.0 Å². The van der Waals surface area contributed by atoms with E-state index in [-0.39, 0.29) is 6.10 Å². The standard InChI is InChI=1S/C12H21N3O/c1-9(2)4-10-5-14-8-15(10)11-6-13-7-12(11)16-3/h5,8-9,11-13H,4,6-7H2,1-3H3/t11?,12-/m0/s1. The van der Waals surface area contributed by atoms with Crippen molar-refractivity contribution in [3.63, 3.8) is 0 Å². The fraction of sp³-hybridized carbons (Fsp3) is 0.750. The van der Waals surface area contributed by atoms with Gasteiger partial charge in [0.05, 0.1) is 18.5 Å². The largest absolute Gasteiger partial charge is 0.378 e. The third-order valence-corrected chi connectivity index (χ3v) is 3.15. The van der Waals surface area contributed by atoms with Crippen LogP contribution in [0.4, 0.5) is 0 Å². The molecule has 1 fully saturated rings. The normalized spacial score (nSPS) is 25.5. The fourth-order valence-corrected chi connectivity index (χ4v) is 2.37. The van der Waals surface area contributed by atoms with Crippen molar-refractivity contribution in [3.8, 4) is 0 Å². The Morgan fingerprint density at radius 1 is 1.56 bits per heavy atom. The minimum Gasteiger partial charge on any atom is -0.378 e. The monoisotopic (exact) mass is 223 g/mol. The minimum atomic E-state index is 0.264. The number of hydrogen-bond acceptors (Lipinski definition) is 3. The minimum absolute atomic E-state index is 0.264. The lowest BCUT2D eigenvalue weighted by molar-refractivity contribution is 0.0856. The van der Waals surface area contributed by atoms with Crippen LogP contribution in [-0.2, 0) is 11.2 Å². The first-order valence-corrected chi connectivity index (χ1v) is 5.96. The second-order valence-electron chi connectivity index (χ2n) is 4.89. The van der Waals surface area contributed by atoms with Crippen LogP contribution in [0.5, 0.6) is 0 Å². The van der Waals surface area contributed by atoms with Crippen LogP contribution in [0.2, 0.25) is 0 Å². The molecule has 1 aliphatic rings. The molecular weight excluding hydrogens is 202 g/mol. The lowest BCUT2D eigenvalue weighted by Gasteiger charge is -2.21. The summed E-state index contributed by atoms with van der Waals surface area (Å²) in [5.41, 5.74) is 1.31. The molecule has 1 aromatic rings. The highest BCUT2D eigenvalue weighted by Gasteiger charge is 2.29. The predicted octanol–water partition coefficient (Wildman–Crippen LogP) is 1.24. The molecule has 4 heteroatoms. The first-order chi connectivity index (χ1) is 7.72. The summed E-state index contributed by atoms with van der Waals surface area (Å²) in [4.78, 5) is 4.27. The lowest BCUT2D eigenvalue weighted by atomic mass is 10.1. The van der Waals surface area contributed by atoms with Gasteiger partial charge in [0.25, 0.3) is 0 Å². The average Bonchev–Trinajstić information content (AvgIpc) is 2.83. The average molecular weight is 223 g/mol. The maximum absolute atomic E-state index is 5.50. The molecule has 1 aliphatic heterocycles. The number of rotatable bonds is 4. The van der Waals surface area contributed by atoms with Crippen LogP contribution in [0, 0.1) is 5.92 Å². The summed E-state index contributed by atoms with van der Waals surface area (Å²) in [7, 11) is 1.78. The Morgan fingerprint density at radius 3 is 3.06 bits per heavy atom. The van der Waals surface area contributed by atoms with Gasteiger partial charge in [-0.1, -0.05) is 13.8 Å². The number of hydrogen-bond donors (Lipinski definition) is 1. The van der Waals surface area contributed by atoms with Crippen molar-refractivity contribution < 1.29 is 4.74 Å². The molecule has 0 aromatic carbocycles. The zero-order valence-corrected chi connectivity index (χ0v) is 10.3. The Hall–Kier alpha value is -0.870. The topological polar surface area (TPSA) is 39.1 Å². The van der Waals surface area contributed by atoms with E-state index >= 15 is 0 Å². The number of ether oxygens (including phenoxy) is 1. The van der Waals surface area contributed by atoms with Crippen LogP contribution in [0.3, 0.4) is 0 Å². The third-order valence-electron chi connectivity index (χ3n) is 3.15. The molecule has 0 saturated carbocycles. The highest BCUT2D eigenvalue weighted by Crippen LogP contribution is 2.21. The van der Waals surface area contributed by atoms with E-state index in [4.69, 9.17) is 4.74 Å². The van der Waals surface area contributed by atoms with Crippen molar-refractivity contribution in [2.75, 3.05) is 20.2 Å². The van der Waals surface area contributed by atoms with Gasteiger partial charge in [-0.3, -0.25) is 0 Å². The van der Waals surface area contributed by atoms with Crippen molar-refractivity contribution in [2.45, 2.75) is 32.4 Å². The van der Waals surface area contributed by atoms with Gasteiger partial charge in [0.15, 0.2) is 0 Å². The summed E-state index contributed by atoms with van der Waals surface area (Å²) < 4.78 is 7.77. The molecular formula is C12H21N3O. The molecule has 0 amide bonds. The Kier molecular flexibility index (Phi) is 3.61. The van der Waals surface area contributed by atoms with Gasteiger partial charge < -0.3 is 14.6 Å². The van der Waals surface area contributed by atoms with Gasteiger partial charge in [0.2, 0.25) is 0 Å². The molecule has 1 saturated heterocycles. The van der Waals surface area contributed by atoms with Gasteiger partial charge >= 0.3 is 0 Å². The van der Waals surface area contributed by atoms with E-state index in [1.54, 1.807) is 7.11 Å². The van der Waals surface area contributed by atoms with Crippen molar-refractivity contribution in [2.24, 2.45) is 5.92 Å². The number of imidazole rings is 1. The second kappa shape index (κ2) is 4.97. The lowest BCUT2D eigenvalue weighted by Crippen LogP contribution is -2.25. The van der Waals surface area contributed by atoms with Gasteiger partial charge in [-0.25, -0.2) is 4.98 Å². The summed E-state index contributed by atoms with van der Waals surface area (Å²) in [6.45, 7) is 6.37. The number of aromatic nitrogens is 2.